The lowest BCUT2D eigenvalue weighted by Crippen LogP contribution is -2.32. The topological polar surface area (TPSA) is 47.9 Å². The van der Waals surface area contributed by atoms with Gasteiger partial charge in [0.05, 0.1) is 5.41 Å². The van der Waals surface area contributed by atoms with Gasteiger partial charge in [0, 0.05) is 27.8 Å². The second-order valence-electron chi connectivity index (χ2n) is 16.6. The summed E-state index contributed by atoms with van der Waals surface area (Å²) in [6, 6.07) is 79.7. The summed E-state index contributed by atoms with van der Waals surface area (Å²) in [7, 11) is 0. The van der Waals surface area contributed by atoms with Crippen molar-refractivity contribution in [1.82, 2.24) is 15.0 Å². The van der Waals surface area contributed by atoms with E-state index in [9.17, 15) is 0 Å². The molecule has 1 spiro atoms. The van der Waals surface area contributed by atoms with Gasteiger partial charge in [0.15, 0.2) is 17.5 Å². The quantitative estimate of drug-likeness (QED) is 0.174. The number of aromatic nitrogens is 3. The molecule has 0 saturated carbocycles. The number of benzene rings is 10. The first-order chi connectivity index (χ1) is 31.7. The van der Waals surface area contributed by atoms with Gasteiger partial charge in [0.1, 0.15) is 11.5 Å². The summed E-state index contributed by atoms with van der Waals surface area (Å²) in [4.78, 5) is 15.8. The predicted octanol–water partition coefficient (Wildman–Crippen LogP) is 15.0. The Morgan fingerprint density at radius 3 is 1.53 bits per heavy atom. The van der Waals surface area contributed by atoms with Crippen LogP contribution in [-0.4, -0.2) is 15.0 Å². The Labute approximate surface area is 370 Å². The number of fused-ring (bicyclic) bond motifs is 11. The molecule has 10 aromatic carbocycles. The van der Waals surface area contributed by atoms with Crippen molar-refractivity contribution in [1.29, 1.82) is 0 Å². The van der Waals surface area contributed by atoms with Crippen molar-refractivity contribution in [3.63, 3.8) is 0 Å². The van der Waals surface area contributed by atoms with Gasteiger partial charge in [-0.05, 0) is 84.3 Å². The molecule has 2 aliphatic rings. The highest BCUT2D eigenvalue weighted by atomic mass is 16.5. The highest BCUT2D eigenvalue weighted by Gasteiger charge is 2.51. The van der Waals surface area contributed by atoms with Crippen molar-refractivity contribution >= 4 is 21.5 Å². The second kappa shape index (κ2) is 14.3. The third kappa shape index (κ3) is 5.46. The number of rotatable bonds is 5. The molecule has 13 rings (SSSR count). The van der Waals surface area contributed by atoms with Gasteiger partial charge in [-0.15, -0.1) is 0 Å². The first kappa shape index (κ1) is 36.2. The highest BCUT2D eigenvalue weighted by molar-refractivity contribution is 6.06. The molecule has 0 amide bonds. The second-order valence-corrected chi connectivity index (χ2v) is 16.6. The molecule has 0 N–H and O–H groups in total. The van der Waals surface area contributed by atoms with E-state index in [1.165, 1.54) is 43.8 Å². The number of para-hydroxylation sites is 2. The van der Waals surface area contributed by atoms with Crippen LogP contribution >= 0.6 is 0 Å². The number of hydrogen-bond acceptors (Lipinski definition) is 4. The highest BCUT2D eigenvalue weighted by Crippen LogP contribution is 2.63. The largest absolute Gasteiger partial charge is 0.457 e. The molecule has 298 valence electrons. The lowest BCUT2D eigenvalue weighted by molar-refractivity contribution is 0.436. The molecule has 1 aliphatic carbocycles. The van der Waals surface area contributed by atoms with E-state index in [1.54, 1.807) is 0 Å². The standard InChI is InChI=1S/C60H37N3O/c1-2-16-41(17-3-1)57-61-58(42-34-31-38(32-35-42)43-36-33-40-19-13-23-46(49(40)37-43)45-22-12-18-39-15-4-5-20-44(39)45)63-59(62-57)48-24-14-28-53-56(48)47-21-6-7-25-50(47)60(53)51-26-8-10-29-54(51)64-55-30-11-9-27-52(55)60/h1-37H. The Kier molecular flexibility index (Phi) is 8.09. The normalized spacial score (nSPS) is 12.9. The molecule has 0 saturated heterocycles. The maximum Gasteiger partial charge on any atom is 0.164 e. The van der Waals surface area contributed by atoms with Gasteiger partial charge in [-0.25, -0.2) is 15.0 Å². The Bertz CT molecular complexity index is 3600. The Hall–Kier alpha value is -8.47. The Morgan fingerprint density at radius 1 is 0.297 bits per heavy atom. The average Bonchev–Trinajstić information content (AvgIpc) is 3.67. The minimum atomic E-state index is -0.597. The van der Waals surface area contributed by atoms with Crippen LogP contribution in [0.15, 0.2) is 224 Å². The summed E-state index contributed by atoms with van der Waals surface area (Å²) >= 11 is 0. The molecule has 2 heterocycles. The first-order valence-corrected chi connectivity index (χ1v) is 21.8. The van der Waals surface area contributed by atoms with Crippen molar-refractivity contribution in [2.75, 3.05) is 0 Å². The first-order valence-electron chi connectivity index (χ1n) is 21.8. The number of hydrogen-bond donors (Lipinski definition) is 0. The fourth-order valence-corrected chi connectivity index (χ4v) is 10.4. The molecule has 0 bridgehead atoms. The van der Waals surface area contributed by atoms with E-state index in [-0.39, 0.29) is 0 Å². The number of ether oxygens (including phenoxy) is 1. The summed E-state index contributed by atoms with van der Waals surface area (Å²) in [5, 5.41) is 4.92. The lowest BCUT2D eigenvalue weighted by Gasteiger charge is -2.39. The van der Waals surface area contributed by atoms with Crippen molar-refractivity contribution in [3.05, 3.63) is 247 Å². The van der Waals surface area contributed by atoms with Crippen LogP contribution in [0.3, 0.4) is 0 Å². The monoisotopic (exact) mass is 815 g/mol. The van der Waals surface area contributed by atoms with Crippen molar-refractivity contribution in [2.45, 2.75) is 5.41 Å². The maximum atomic E-state index is 6.60. The SMILES string of the molecule is c1ccc(-c2nc(-c3ccc(-c4ccc5cccc(-c6cccc7ccccc67)c5c4)cc3)nc(-c3cccc4c3-c3ccccc3C43c4ccccc4Oc4ccccc43)n2)cc1. The minimum absolute atomic E-state index is 0.597. The third-order valence-electron chi connectivity index (χ3n) is 13.2. The van der Waals surface area contributed by atoms with Crippen LogP contribution in [0, 0.1) is 0 Å². The van der Waals surface area contributed by atoms with Crippen LogP contribution in [0.5, 0.6) is 11.5 Å². The van der Waals surface area contributed by atoms with Gasteiger partial charge < -0.3 is 4.74 Å². The predicted molar refractivity (Wildman–Crippen MR) is 259 cm³/mol. The Balaban J connectivity index is 0.959. The minimum Gasteiger partial charge on any atom is -0.457 e. The van der Waals surface area contributed by atoms with Gasteiger partial charge in [-0.3, -0.25) is 0 Å². The Morgan fingerprint density at radius 2 is 0.781 bits per heavy atom. The van der Waals surface area contributed by atoms with Crippen LogP contribution in [0.4, 0.5) is 0 Å². The smallest absolute Gasteiger partial charge is 0.164 e. The number of nitrogens with zero attached hydrogens (tertiary/aromatic N) is 3. The van der Waals surface area contributed by atoms with Crippen LogP contribution in [0.25, 0.3) is 89.1 Å². The van der Waals surface area contributed by atoms with Gasteiger partial charge in [-0.1, -0.05) is 206 Å². The fourth-order valence-electron chi connectivity index (χ4n) is 10.4. The van der Waals surface area contributed by atoms with E-state index in [0.29, 0.717) is 17.5 Å². The average molecular weight is 816 g/mol. The lowest BCUT2D eigenvalue weighted by atomic mass is 9.66. The zero-order valence-corrected chi connectivity index (χ0v) is 34.6. The molecule has 0 fully saturated rings. The maximum absolute atomic E-state index is 6.60. The van der Waals surface area contributed by atoms with Crippen LogP contribution in [0.2, 0.25) is 0 Å². The van der Waals surface area contributed by atoms with Crippen LogP contribution < -0.4 is 4.74 Å². The molecule has 4 heteroatoms. The van der Waals surface area contributed by atoms with E-state index in [4.69, 9.17) is 19.7 Å². The summed E-state index contributed by atoms with van der Waals surface area (Å²) in [5.74, 6) is 3.59. The van der Waals surface area contributed by atoms with Gasteiger partial charge in [-0.2, -0.15) is 0 Å². The molecule has 4 nitrogen and oxygen atoms in total. The van der Waals surface area contributed by atoms with Crippen LogP contribution in [0.1, 0.15) is 22.3 Å². The molecular formula is C60H37N3O. The fraction of sp³-hybridized carbons (Fsp3) is 0.0167. The van der Waals surface area contributed by atoms with Crippen LogP contribution in [-0.2, 0) is 5.41 Å². The van der Waals surface area contributed by atoms with Gasteiger partial charge in [0.25, 0.3) is 0 Å². The van der Waals surface area contributed by atoms with Crippen molar-refractivity contribution in [2.24, 2.45) is 0 Å². The molecule has 64 heavy (non-hydrogen) atoms. The summed E-state index contributed by atoms with van der Waals surface area (Å²) in [5.41, 5.74) is 13.9. The molecule has 11 aromatic rings. The van der Waals surface area contributed by atoms with E-state index in [1.807, 2.05) is 30.3 Å². The molecule has 1 aromatic heterocycles. The summed E-state index contributed by atoms with van der Waals surface area (Å²) < 4.78 is 6.60. The zero-order chi connectivity index (χ0) is 42.2. The van der Waals surface area contributed by atoms with Crippen molar-refractivity contribution in [3.8, 4) is 79.0 Å². The molecule has 0 unspecified atom stereocenters. The van der Waals surface area contributed by atoms with E-state index in [2.05, 4.69) is 194 Å². The molecule has 1 aliphatic heterocycles. The third-order valence-corrected chi connectivity index (χ3v) is 13.2. The van der Waals surface area contributed by atoms with E-state index >= 15 is 0 Å². The molecule has 0 radical (unpaired) electrons. The van der Waals surface area contributed by atoms with Crippen molar-refractivity contribution < 1.29 is 4.74 Å². The van der Waals surface area contributed by atoms with Gasteiger partial charge >= 0.3 is 0 Å². The summed E-state index contributed by atoms with van der Waals surface area (Å²) in [6.45, 7) is 0. The zero-order valence-electron chi connectivity index (χ0n) is 34.6. The van der Waals surface area contributed by atoms with Gasteiger partial charge in [0.2, 0.25) is 0 Å². The summed E-state index contributed by atoms with van der Waals surface area (Å²) in [6.07, 6.45) is 0. The molecule has 0 atom stereocenters. The van der Waals surface area contributed by atoms with E-state index < -0.39 is 5.41 Å². The molecular weight excluding hydrogens is 779 g/mol. The van der Waals surface area contributed by atoms with E-state index in [0.717, 1.165) is 61.6 Å².